The van der Waals surface area contributed by atoms with Crippen LogP contribution in [0, 0.1) is 5.92 Å². The molecule has 1 N–H and O–H groups in total. The Morgan fingerprint density at radius 3 is 2.79 bits per heavy atom. The van der Waals surface area contributed by atoms with Gasteiger partial charge >= 0.3 is 0 Å². The molecule has 1 aliphatic rings. The molecule has 1 aliphatic heterocycles. The van der Waals surface area contributed by atoms with E-state index in [0.29, 0.717) is 12.0 Å². The molecular formula is C14H22Br2N2O. The first-order valence-corrected chi connectivity index (χ1v) is 8.52. The van der Waals surface area contributed by atoms with E-state index in [1.54, 1.807) is 0 Å². The van der Waals surface area contributed by atoms with Crippen molar-refractivity contribution < 1.29 is 4.42 Å². The molecule has 1 aromatic heterocycles. The minimum absolute atomic E-state index is 0.639. The zero-order valence-corrected chi connectivity index (χ0v) is 14.8. The fourth-order valence-corrected chi connectivity index (χ4v) is 3.29. The van der Waals surface area contributed by atoms with Crippen molar-refractivity contribution in [1.82, 2.24) is 10.2 Å². The summed E-state index contributed by atoms with van der Waals surface area (Å²) in [6, 6.07) is 2.69. The van der Waals surface area contributed by atoms with Crippen molar-refractivity contribution in [2.45, 2.75) is 39.3 Å². The van der Waals surface area contributed by atoms with Crippen LogP contribution < -0.4 is 5.32 Å². The molecule has 0 aliphatic carbocycles. The van der Waals surface area contributed by atoms with Crippen LogP contribution in [0.5, 0.6) is 0 Å². The van der Waals surface area contributed by atoms with Gasteiger partial charge in [-0.1, -0.05) is 13.8 Å². The lowest BCUT2D eigenvalue weighted by atomic mass is 10.1. The highest BCUT2D eigenvalue weighted by Crippen LogP contribution is 2.27. The van der Waals surface area contributed by atoms with Crippen molar-refractivity contribution in [2.24, 2.45) is 5.92 Å². The van der Waals surface area contributed by atoms with E-state index in [9.17, 15) is 0 Å². The van der Waals surface area contributed by atoms with Crippen LogP contribution in [0.4, 0.5) is 0 Å². The van der Waals surface area contributed by atoms with Crippen LogP contribution in [0.2, 0.25) is 0 Å². The average Bonchev–Trinajstić information content (AvgIpc) is 2.89. The molecule has 0 aromatic carbocycles. The monoisotopic (exact) mass is 392 g/mol. The van der Waals surface area contributed by atoms with Crippen molar-refractivity contribution >= 4 is 31.9 Å². The molecule has 2 heterocycles. The molecule has 1 fully saturated rings. The third-order valence-corrected chi connectivity index (χ3v) is 5.05. The van der Waals surface area contributed by atoms with Gasteiger partial charge in [-0.2, -0.15) is 0 Å². The van der Waals surface area contributed by atoms with Crippen molar-refractivity contribution in [3.8, 4) is 0 Å². The van der Waals surface area contributed by atoms with Crippen LogP contribution in [-0.4, -0.2) is 30.6 Å². The Balaban J connectivity index is 1.95. The SMILES string of the molecule is CC(C)CN(Cc1cc(Br)c(Br)o1)CC1CCCN1. The Morgan fingerprint density at radius 2 is 2.26 bits per heavy atom. The van der Waals surface area contributed by atoms with Gasteiger partial charge in [-0.25, -0.2) is 0 Å². The van der Waals surface area contributed by atoms with E-state index in [2.05, 4.69) is 62.0 Å². The second kappa shape index (κ2) is 7.25. The lowest BCUT2D eigenvalue weighted by Crippen LogP contribution is -2.38. The second-order valence-electron chi connectivity index (χ2n) is 5.72. The quantitative estimate of drug-likeness (QED) is 0.791. The van der Waals surface area contributed by atoms with Crippen LogP contribution in [0.1, 0.15) is 32.4 Å². The first-order chi connectivity index (χ1) is 9.04. The smallest absolute Gasteiger partial charge is 0.183 e. The predicted octanol–water partition coefficient (Wildman–Crippen LogP) is 4.01. The van der Waals surface area contributed by atoms with Gasteiger partial charge < -0.3 is 9.73 Å². The molecule has 19 heavy (non-hydrogen) atoms. The molecule has 0 spiro atoms. The zero-order valence-electron chi connectivity index (χ0n) is 11.6. The molecule has 0 saturated carbocycles. The maximum atomic E-state index is 5.70. The molecule has 2 rings (SSSR count). The summed E-state index contributed by atoms with van der Waals surface area (Å²) in [5, 5.41) is 3.57. The van der Waals surface area contributed by atoms with Gasteiger partial charge in [-0.3, -0.25) is 4.90 Å². The summed E-state index contributed by atoms with van der Waals surface area (Å²) in [5.74, 6) is 1.68. The van der Waals surface area contributed by atoms with Gasteiger partial charge in [0.2, 0.25) is 0 Å². The van der Waals surface area contributed by atoms with E-state index in [1.807, 2.05) is 0 Å². The molecule has 1 atom stereocenters. The second-order valence-corrected chi connectivity index (χ2v) is 7.29. The minimum Gasteiger partial charge on any atom is -0.452 e. The summed E-state index contributed by atoms with van der Waals surface area (Å²) in [6.07, 6.45) is 2.60. The summed E-state index contributed by atoms with van der Waals surface area (Å²) >= 11 is 6.87. The highest BCUT2D eigenvalue weighted by molar-refractivity contribution is 9.13. The largest absolute Gasteiger partial charge is 0.452 e. The fraction of sp³-hybridized carbons (Fsp3) is 0.714. The number of hydrogen-bond donors (Lipinski definition) is 1. The molecule has 0 radical (unpaired) electrons. The number of rotatable bonds is 6. The van der Waals surface area contributed by atoms with Crippen molar-refractivity contribution in [1.29, 1.82) is 0 Å². The Bertz CT molecular complexity index is 381. The van der Waals surface area contributed by atoms with Crippen molar-refractivity contribution in [3.05, 3.63) is 21.0 Å². The zero-order chi connectivity index (χ0) is 13.8. The molecule has 1 saturated heterocycles. The Hall–Kier alpha value is 0.160. The number of nitrogens with zero attached hydrogens (tertiary/aromatic N) is 1. The number of nitrogens with one attached hydrogen (secondary N) is 1. The topological polar surface area (TPSA) is 28.4 Å². The van der Waals surface area contributed by atoms with E-state index in [-0.39, 0.29) is 0 Å². The van der Waals surface area contributed by atoms with Crippen LogP contribution in [0.3, 0.4) is 0 Å². The fourth-order valence-electron chi connectivity index (χ4n) is 2.63. The van der Waals surface area contributed by atoms with Gasteiger partial charge in [0.1, 0.15) is 5.76 Å². The molecule has 108 valence electrons. The number of hydrogen-bond acceptors (Lipinski definition) is 3. The third-order valence-electron chi connectivity index (χ3n) is 3.34. The first kappa shape index (κ1) is 15.5. The van der Waals surface area contributed by atoms with Crippen LogP contribution in [0.25, 0.3) is 0 Å². The van der Waals surface area contributed by atoms with E-state index >= 15 is 0 Å². The maximum absolute atomic E-state index is 5.70. The lowest BCUT2D eigenvalue weighted by molar-refractivity contribution is 0.200. The Kier molecular flexibility index (Phi) is 5.93. The summed E-state index contributed by atoms with van der Waals surface area (Å²) in [4.78, 5) is 2.49. The summed E-state index contributed by atoms with van der Waals surface area (Å²) in [6.45, 7) is 8.78. The van der Waals surface area contributed by atoms with E-state index < -0.39 is 0 Å². The van der Waals surface area contributed by atoms with Gasteiger partial charge in [-0.15, -0.1) is 0 Å². The summed E-state index contributed by atoms with van der Waals surface area (Å²) in [7, 11) is 0. The Labute approximate surface area is 132 Å². The maximum Gasteiger partial charge on any atom is 0.183 e. The molecule has 5 heteroatoms. The van der Waals surface area contributed by atoms with Crippen LogP contribution >= 0.6 is 31.9 Å². The normalized spacial score (nSPS) is 19.8. The van der Waals surface area contributed by atoms with E-state index in [1.165, 1.54) is 12.8 Å². The number of furan rings is 1. The third kappa shape index (κ3) is 4.88. The molecule has 1 unspecified atom stereocenters. The standard InChI is InChI=1S/C14H22Br2N2O/c1-10(2)7-18(8-11-4-3-5-17-11)9-12-6-13(15)14(16)19-12/h6,10-11,17H,3-5,7-9H2,1-2H3. The van der Waals surface area contributed by atoms with Gasteiger partial charge in [0.05, 0.1) is 11.0 Å². The van der Waals surface area contributed by atoms with Gasteiger partial charge in [0, 0.05) is 19.1 Å². The highest BCUT2D eigenvalue weighted by Gasteiger charge is 2.20. The van der Waals surface area contributed by atoms with E-state index in [4.69, 9.17) is 4.42 Å². The Morgan fingerprint density at radius 1 is 1.47 bits per heavy atom. The predicted molar refractivity (Wildman–Crippen MR) is 85.2 cm³/mol. The molecule has 3 nitrogen and oxygen atoms in total. The number of halogens is 2. The van der Waals surface area contributed by atoms with Crippen LogP contribution in [0.15, 0.2) is 19.6 Å². The van der Waals surface area contributed by atoms with Crippen LogP contribution in [-0.2, 0) is 6.54 Å². The summed E-state index contributed by atoms with van der Waals surface area (Å²) < 4.78 is 7.47. The van der Waals surface area contributed by atoms with Gasteiger partial charge in [0.25, 0.3) is 0 Å². The van der Waals surface area contributed by atoms with Gasteiger partial charge in [-0.05, 0) is 63.2 Å². The first-order valence-electron chi connectivity index (χ1n) is 6.94. The van der Waals surface area contributed by atoms with E-state index in [0.717, 1.165) is 41.1 Å². The molecule has 0 amide bonds. The summed E-state index contributed by atoms with van der Waals surface area (Å²) in [5.41, 5.74) is 0. The average molecular weight is 394 g/mol. The highest BCUT2D eigenvalue weighted by atomic mass is 79.9. The molecule has 0 bridgehead atoms. The van der Waals surface area contributed by atoms with Crippen molar-refractivity contribution in [3.63, 3.8) is 0 Å². The lowest BCUT2D eigenvalue weighted by Gasteiger charge is -2.26. The molecular weight excluding hydrogens is 372 g/mol. The van der Waals surface area contributed by atoms with Crippen molar-refractivity contribution in [2.75, 3.05) is 19.6 Å². The van der Waals surface area contributed by atoms with Gasteiger partial charge in [0.15, 0.2) is 4.67 Å². The minimum atomic E-state index is 0.639. The molecule has 1 aromatic rings.